The lowest BCUT2D eigenvalue weighted by molar-refractivity contribution is 1.09. The molecule has 2 aromatic carbocycles. The molecular formula is C20H17N3. The van der Waals surface area contributed by atoms with Gasteiger partial charge in [0, 0.05) is 11.3 Å². The minimum Gasteiger partial charge on any atom is -0.351 e. The molecular weight excluding hydrogens is 282 g/mol. The first kappa shape index (κ1) is 13.7. The van der Waals surface area contributed by atoms with Crippen LogP contribution in [0.2, 0.25) is 0 Å². The Hall–Kier alpha value is -2.94. The van der Waals surface area contributed by atoms with Gasteiger partial charge in [-0.15, -0.1) is 0 Å². The first-order valence-corrected chi connectivity index (χ1v) is 7.70. The number of aromatic amines is 1. The molecule has 4 rings (SSSR count). The molecule has 112 valence electrons. The fraction of sp³-hybridized carbons (Fsp3) is 0.100. The highest BCUT2D eigenvalue weighted by atomic mass is 14.9. The van der Waals surface area contributed by atoms with E-state index < -0.39 is 0 Å². The lowest BCUT2D eigenvalue weighted by Gasteiger charge is -2.04. The van der Waals surface area contributed by atoms with Gasteiger partial charge in [-0.25, -0.2) is 9.97 Å². The molecule has 0 saturated heterocycles. The van der Waals surface area contributed by atoms with E-state index in [1.54, 1.807) is 0 Å². The Morgan fingerprint density at radius 1 is 0.783 bits per heavy atom. The van der Waals surface area contributed by atoms with Gasteiger partial charge in [0.15, 0.2) is 0 Å². The number of hydrogen-bond acceptors (Lipinski definition) is 2. The predicted octanol–water partition coefficient (Wildman–Crippen LogP) is 4.91. The van der Waals surface area contributed by atoms with Crippen molar-refractivity contribution in [1.82, 2.24) is 15.0 Å². The monoisotopic (exact) mass is 299 g/mol. The predicted molar refractivity (Wildman–Crippen MR) is 94.2 cm³/mol. The number of aryl methyl sites for hydroxylation is 2. The van der Waals surface area contributed by atoms with Crippen LogP contribution in [0.5, 0.6) is 0 Å². The van der Waals surface area contributed by atoms with Gasteiger partial charge in [0.2, 0.25) is 0 Å². The maximum atomic E-state index is 4.67. The summed E-state index contributed by atoms with van der Waals surface area (Å²) >= 11 is 0. The van der Waals surface area contributed by atoms with E-state index in [-0.39, 0.29) is 0 Å². The van der Waals surface area contributed by atoms with Gasteiger partial charge in [-0.05, 0) is 25.5 Å². The molecule has 0 atom stereocenters. The summed E-state index contributed by atoms with van der Waals surface area (Å²) < 4.78 is 0. The highest BCUT2D eigenvalue weighted by molar-refractivity contribution is 5.93. The van der Waals surface area contributed by atoms with E-state index in [0.717, 1.165) is 39.4 Å². The molecule has 2 heterocycles. The van der Waals surface area contributed by atoms with Crippen LogP contribution in [-0.2, 0) is 0 Å². The van der Waals surface area contributed by atoms with Crippen molar-refractivity contribution < 1.29 is 0 Å². The van der Waals surface area contributed by atoms with Crippen LogP contribution < -0.4 is 0 Å². The summed E-state index contributed by atoms with van der Waals surface area (Å²) in [5, 5.41) is 0. The normalized spacial score (nSPS) is 11.0. The summed E-state index contributed by atoms with van der Waals surface area (Å²) in [5.41, 5.74) is 7.45. The summed E-state index contributed by atoms with van der Waals surface area (Å²) in [6.07, 6.45) is 0. The van der Waals surface area contributed by atoms with Crippen LogP contribution in [0.3, 0.4) is 0 Å². The van der Waals surface area contributed by atoms with Gasteiger partial charge in [0.05, 0.1) is 16.7 Å². The zero-order valence-electron chi connectivity index (χ0n) is 13.2. The molecule has 0 aliphatic rings. The van der Waals surface area contributed by atoms with Crippen molar-refractivity contribution in [2.45, 2.75) is 13.8 Å². The van der Waals surface area contributed by atoms with Crippen LogP contribution in [0.25, 0.3) is 33.5 Å². The molecule has 23 heavy (non-hydrogen) atoms. The van der Waals surface area contributed by atoms with Gasteiger partial charge in [0.1, 0.15) is 5.82 Å². The Labute approximate surface area is 135 Å². The van der Waals surface area contributed by atoms with E-state index in [4.69, 9.17) is 0 Å². The Balaban J connectivity index is 1.94. The topological polar surface area (TPSA) is 41.6 Å². The van der Waals surface area contributed by atoms with Crippen molar-refractivity contribution in [3.05, 3.63) is 72.1 Å². The van der Waals surface area contributed by atoms with Crippen LogP contribution in [0.4, 0.5) is 0 Å². The summed E-state index contributed by atoms with van der Waals surface area (Å²) in [5.74, 6) is 0.784. The Kier molecular flexibility index (Phi) is 3.19. The first-order valence-electron chi connectivity index (χ1n) is 7.70. The van der Waals surface area contributed by atoms with Crippen molar-refractivity contribution >= 4 is 11.0 Å². The fourth-order valence-corrected chi connectivity index (χ4v) is 2.82. The zero-order valence-corrected chi connectivity index (χ0v) is 13.2. The SMILES string of the molecule is Cc1ccc(-c2nc(C)nc3cc(-c4ccccc4)[nH]c23)cc1. The second kappa shape index (κ2) is 5.36. The van der Waals surface area contributed by atoms with Crippen LogP contribution >= 0.6 is 0 Å². The molecule has 3 nitrogen and oxygen atoms in total. The second-order valence-corrected chi connectivity index (χ2v) is 5.79. The highest BCUT2D eigenvalue weighted by Crippen LogP contribution is 2.29. The minimum atomic E-state index is 0.784. The van der Waals surface area contributed by atoms with E-state index in [1.807, 2.05) is 25.1 Å². The maximum absolute atomic E-state index is 4.67. The van der Waals surface area contributed by atoms with Crippen molar-refractivity contribution in [1.29, 1.82) is 0 Å². The van der Waals surface area contributed by atoms with Crippen molar-refractivity contribution in [3.8, 4) is 22.5 Å². The van der Waals surface area contributed by atoms with E-state index in [0.29, 0.717) is 0 Å². The summed E-state index contributed by atoms with van der Waals surface area (Å²) in [4.78, 5) is 12.7. The van der Waals surface area contributed by atoms with E-state index in [1.165, 1.54) is 5.56 Å². The minimum absolute atomic E-state index is 0.784. The van der Waals surface area contributed by atoms with Gasteiger partial charge in [-0.1, -0.05) is 60.2 Å². The summed E-state index contributed by atoms with van der Waals surface area (Å²) in [6, 6.07) is 20.8. The van der Waals surface area contributed by atoms with E-state index >= 15 is 0 Å². The van der Waals surface area contributed by atoms with Crippen molar-refractivity contribution in [3.63, 3.8) is 0 Å². The molecule has 0 spiro atoms. The number of aromatic nitrogens is 3. The first-order chi connectivity index (χ1) is 11.2. The molecule has 0 aliphatic heterocycles. The molecule has 1 N–H and O–H groups in total. The highest BCUT2D eigenvalue weighted by Gasteiger charge is 2.12. The lowest BCUT2D eigenvalue weighted by atomic mass is 10.1. The third-order valence-electron chi connectivity index (χ3n) is 4.00. The molecule has 2 aromatic heterocycles. The molecule has 0 amide bonds. The molecule has 0 radical (unpaired) electrons. The van der Waals surface area contributed by atoms with E-state index in [9.17, 15) is 0 Å². The number of hydrogen-bond donors (Lipinski definition) is 1. The number of rotatable bonds is 2. The number of nitrogens with one attached hydrogen (secondary N) is 1. The smallest absolute Gasteiger partial charge is 0.126 e. The molecule has 0 unspecified atom stereocenters. The Morgan fingerprint density at radius 3 is 2.26 bits per heavy atom. The largest absolute Gasteiger partial charge is 0.351 e. The standard InChI is InChI=1S/C20H17N3/c1-13-8-10-16(11-9-13)19-20-18(21-14(2)22-19)12-17(23-20)15-6-4-3-5-7-15/h3-12,23H,1-2H3. The molecule has 4 aromatic rings. The molecule has 0 fully saturated rings. The van der Waals surface area contributed by atoms with Gasteiger partial charge >= 0.3 is 0 Å². The molecule has 0 saturated carbocycles. The number of H-pyrrole nitrogens is 1. The summed E-state index contributed by atoms with van der Waals surface area (Å²) in [7, 11) is 0. The van der Waals surface area contributed by atoms with Crippen LogP contribution in [-0.4, -0.2) is 15.0 Å². The number of benzene rings is 2. The van der Waals surface area contributed by atoms with Gasteiger partial charge in [0.25, 0.3) is 0 Å². The average Bonchev–Trinajstić information content (AvgIpc) is 2.99. The van der Waals surface area contributed by atoms with Gasteiger partial charge < -0.3 is 4.98 Å². The fourth-order valence-electron chi connectivity index (χ4n) is 2.82. The quantitative estimate of drug-likeness (QED) is 0.571. The third-order valence-corrected chi connectivity index (χ3v) is 4.00. The van der Waals surface area contributed by atoms with E-state index in [2.05, 4.69) is 64.3 Å². The summed E-state index contributed by atoms with van der Waals surface area (Å²) in [6.45, 7) is 4.03. The number of nitrogens with zero attached hydrogens (tertiary/aromatic N) is 2. The third kappa shape index (κ3) is 2.50. The van der Waals surface area contributed by atoms with Crippen LogP contribution in [0, 0.1) is 13.8 Å². The van der Waals surface area contributed by atoms with Crippen molar-refractivity contribution in [2.24, 2.45) is 0 Å². The van der Waals surface area contributed by atoms with Crippen LogP contribution in [0.15, 0.2) is 60.7 Å². The second-order valence-electron chi connectivity index (χ2n) is 5.79. The lowest BCUT2D eigenvalue weighted by Crippen LogP contribution is -1.93. The average molecular weight is 299 g/mol. The number of fused-ring (bicyclic) bond motifs is 1. The molecule has 0 aliphatic carbocycles. The maximum Gasteiger partial charge on any atom is 0.126 e. The van der Waals surface area contributed by atoms with Gasteiger partial charge in [-0.3, -0.25) is 0 Å². The van der Waals surface area contributed by atoms with Crippen molar-refractivity contribution in [2.75, 3.05) is 0 Å². The van der Waals surface area contributed by atoms with Crippen LogP contribution in [0.1, 0.15) is 11.4 Å². The molecule has 3 heteroatoms. The molecule has 0 bridgehead atoms. The Bertz CT molecular complexity index is 967. The zero-order chi connectivity index (χ0) is 15.8. The Morgan fingerprint density at radius 2 is 1.52 bits per heavy atom. The van der Waals surface area contributed by atoms with Gasteiger partial charge in [-0.2, -0.15) is 0 Å².